The zero-order chi connectivity index (χ0) is 22.4. The first-order valence-corrected chi connectivity index (χ1v) is 12.4. The van der Waals surface area contributed by atoms with Crippen LogP contribution in [0, 0.1) is 0 Å². The van der Waals surface area contributed by atoms with Gasteiger partial charge in [-0.25, -0.2) is 4.57 Å². The summed E-state index contributed by atoms with van der Waals surface area (Å²) in [6.07, 6.45) is 0.602. The van der Waals surface area contributed by atoms with Crippen LogP contribution in [0.25, 0.3) is 0 Å². The molecule has 0 amide bonds. The highest BCUT2D eigenvalue weighted by atomic mass is 31.2. The minimum Gasteiger partial charge on any atom is -0.395 e. The summed E-state index contributed by atoms with van der Waals surface area (Å²) in [4.78, 5) is 10.7. The third-order valence-corrected chi connectivity index (χ3v) is 6.63. The first kappa shape index (κ1) is 22.9. The molecule has 2 aromatic rings. The molecule has 0 atom stereocenters. The van der Waals surface area contributed by atoms with Crippen molar-refractivity contribution in [3.8, 4) is 11.5 Å². The summed E-state index contributed by atoms with van der Waals surface area (Å²) in [5.41, 5.74) is 6.20. The maximum absolute atomic E-state index is 13.0. The molecule has 1 heterocycles. The van der Waals surface area contributed by atoms with Crippen molar-refractivity contribution in [1.29, 1.82) is 0 Å². The number of fused-ring (bicyclic) bond motifs is 2. The van der Waals surface area contributed by atoms with E-state index in [2.05, 4.69) is 79.7 Å². The summed E-state index contributed by atoms with van der Waals surface area (Å²) in [5, 5.41) is 0. The molecule has 164 valence electrons. The molecule has 0 aromatic heterocycles. The van der Waals surface area contributed by atoms with Crippen LogP contribution in [0.1, 0.15) is 112 Å². The van der Waals surface area contributed by atoms with E-state index < -0.39 is 7.82 Å². The number of phosphoric ester groups is 1. The Morgan fingerprint density at radius 3 is 1.37 bits per heavy atom. The minimum absolute atomic E-state index is 0.157. The van der Waals surface area contributed by atoms with Crippen molar-refractivity contribution < 1.29 is 18.5 Å². The van der Waals surface area contributed by atoms with Gasteiger partial charge in [0.2, 0.25) is 0 Å². The van der Waals surface area contributed by atoms with Gasteiger partial charge in [-0.15, -0.1) is 0 Å². The van der Waals surface area contributed by atoms with E-state index in [1.165, 1.54) is 11.1 Å². The van der Waals surface area contributed by atoms with E-state index in [0.29, 0.717) is 29.8 Å². The van der Waals surface area contributed by atoms with Crippen molar-refractivity contribution in [3.63, 3.8) is 0 Å². The van der Waals surface area contributed by atoms with Gasteiger partial charge in [-0.05, 0) is 57.1 Å². The number of hydrogen-bond donors (Lipinski definition) is 1. The quantitative estimate of drug-likeness (QED) is 0.506. The van der Waals surface area contributed by atoms with Crippen molar-refractivity contribution in [3.05, 3.63) is 57.6 Å². The molecule has 0 aliphatic carbocycles. The van der Waals surface area contributed by atoms with Gasteiger partial charge in [-0.2, -0.15) is 0 Å². The van der Waals surface area contributed by atoms with Gasteiger partial charge in [-0.1, -0.05) is 79.7 Å². The van der Waals surface area contributed by atoms with Crippen molar-refractivity contribution >= 4 is 7.82 Å². The number of hydrogen-bond acceptors (Lipinski definition) is 3. The third-order valence-electron chi connectivity index (χ3n) is 5.81. The second kappa shape index (κ2) is 8.40. The van der Waals surface area contributed by atoms with Crippen LogP contribution < -0.4 is 9.05 Å². The normalized spacial score (nSPS) is 15.5. The third kappa shape index (κ3) is 4.60. The summed E-state index contributed by atoms with van der Waals surface area (Å²) < 4.78 is 24.4. The van der Waals surface area contributed by atoms with E-state index in [-0.39, 0.29) is 11.8 Å². The van der Waals surface area contributed by atoms with Crippen LogP contribution in [0.5, 0.6) is 11.5 Å². The van der Waals surface area contributed by atoms with Crippen molar-refractivity contribution in [2.24, 2.45) is 0 Å². The molecule has 0 saturated carbocycles. The van der Waals surface area contributed by atoms with Crippen LogP contribution >= 0.6 is 7.82 Å². The van der Waals surface area contributed by atoms with Gasteiger partial charge >= 0.3 is 7.82 Å². The molecule has 5 heteroatoms. The van der Waals surface area contributed by atoms with E-state index in [9.17, 15) is 9.46 Å². The van der Waals surface area contributed by atoms with E-state index in [0.717, 1.165) is 22.3 Å². The molecule has 1 aliphatic heterocycles. The van der Waals surface area contributed by atoms with E-state index in [4.69, 9.17) is 9.05 Å². The summed E-state index contributed by atoms with van der Waals surface area (Å²) in [7, 11) is -4.33. The van der Waals surface area contributed by atoms with Crippen LogP contribution in [-0.2, 0) is 11.0 Å². The van der Waals surface area contributed by atoms with Crippen molar-refractivity contribution in [2.75, 3.05) is 0 Å². The molecule has 1 N–H and O–H groups in total. The van der Waals surface area contributed by atoms with E-state index >= 15 is 0 Å². The largest absolute Gasteiger partial charge is 0.584 e. The molecule has 0 unspecified atom stereocenters. The summed E-state index contributed by atoms with van der Waals surface area (Å²) in [5.74, 6) is 2.00. The highest BCUT2D eigenvalue weighted by molar-refractivity contribution is 7.48. The lowest BCUT2D eigenvalue weighted by Crippen LogP contribution is -2.13. The molecule has 0 radical (unpaired) electrons. The van der Waals surface area contributed by atoms with Gasteiger partial charge < -0.3 is 9.05 Å². The average molecular weight is 431 g/mol. The molecular weight excluding hydrogens is 395 g/mol. The Kier molecular flexibility index (Phi) is 6.41. The lowest BCUT2D eigenvalue weighted by Gasteiger charge is -2.28. The molecule has 4 nitrogen and oxygen atoms in total. The first-order valence-electron chi connectivity index (χ1n) is 10.9. The van der Waals surface area contributed by atoms with Gasteiger partial charge in [0.05, 0.1) is 0 Å². The van der Waals surface area contributed by atoms with Crippen LogP contribution in [0.2, 0.25) is 0 Å². The Labute approximate surface area is 181 Å². The molecule has 2 aromatic carbocycles. The fraction of sp³-hybridized carbons (Fsp3) is 0.520. The Bertz CT molecular complexity index is 914. The maximum Gasteiger partial charge on any atom is 0.584 e. The molecule has 0 saturated heterocycles. The molecule has 0 bridgehead atoms. The first-order chi connectivity index (χ1) is 13.9. The Hall–Kier alpha value is -1.77. The van der Waals surface area contributed by atoms with Crippen LogP contribution in [-0.4, -0.2) is 4.89 Å². The highest BCUT2D eigenvalue weighted by Gasteiger charge is 2.34. The number of phosphoric acid groups is 1. The molecular formula is C25H35O4P. The monoisotopic (exact) mass is 430 g/mol. The number of benzene rings is 2. The lowest BCUT2D eigenvalue weighted by atomic mass is 9.87. The Morgan fingerprint density at radius 1 is 0.700 bits per heavy atom. The maximum atomic E-state index is 13.0. The summed E-state index contributed by atoms with van der Waals surface area (Å²) in [6.45, 7) is 17.0. The van der Waals surface area contributed by atoms with Crippen LogP contribution in [0.4, 0.5) is 0 Å². The standard InChI is InChI=1S/C25H35O4P/c1-14(2)18-9-20-11-21-10-19(15(3)4)13-23(17(7)8)25(21)29-30(26,27)28-24(20)22(12-18)16(5)6/h9-10,12-17H,11H2,1-8H3,(H,26,27). The number of rotatable bonds is 4. The minimum atomic E-state index is -4.33. The molecule has 3 rings (SSSR count). The molecule has 1 aliphatic rings. The summed E-state index contributed by atoms with van der Waals surface area (Å²) in [6, 6.07) is 8.44. The second-order valence-electron chi connectivity index (χ2n) is 9.64. The smallest absolute Gasteiger partial charge is 0.395 e. The van der Waals surface area contributed by atoms with E-state index in [1.807, 2.05) is 0 Å². The topological polar surface area (TPSA) is 55.8 Å². The zero-order valence-corrected chi connectivity index (χ0v) is 20.3. The zero-order valence-electron chi connectivity index (χ0n) is 19.4. The molecule has 0 fully saturated rings. The Morgan fingerprint density at radius 2 is 1.07 bits per heavy atom. The van der Waals surface area contributed by atoms with Gasteiger partial charge in [0.1, 0.15) is 11.5 Å². The SMILES string of the molecule is CC(C)c1cc2c(c(C(C)C)c1)OP(=O)(O)Oc1c(cc(C(C)C)cc1C(C)C)C2. The fourth-order valence-corrected chi connectivity index (χ4v) is 4.89. The predicted octanol–water partition coefficient (Wildman–Crippen LogP) is 7.64. The van der Waals surface area contributed by atoms with Gasteiger partial charge in [0.25, 0.3) is 0 Å². The van der Waals surface area contributed by atoms with E-state index in [1.54, 1.807) is 0 Å². The van der Waals surface area contributed by atoms with Crippen molar-refractivity contribution in [2.45, 2.75) is 85.5 Å². The van der Waals surface area contributed by atoms with Crippen LogP contribution in [0.3, 0.4) is 0 Å². The van der Waals surface area contributed by atoms with Gasteiger partial charge in [0, 0.05) is 6.42 Å². The highest BCUT2D eigenvalue weighted by Crippen LogP contribution is 2.53. The van der Waals surface area contributed by atoms with Gasteiger partial charge in [-0.3, -0.25) is 4.89 Å². The molecule has 30 heavy (non-hydrogen) atoms. The van der Waals surface area contributed by atoms with Gasteiger partial charge in [0.15, 0.2) is 0 Å². The summed E-state index contributed by atoms with van der Waals surface area (Å²) >= 11 is 0. The fourth-order valence-electron chi connectivity index (χ4n) is 3.94. The lowest BCUT2D eigenvalue weighted by molar-refractivity contribution is 0.284. The van der Waals surface area contributed by atoms with Crippen LogP contribution in [0.15, 0.2) is 24.3 Å². The molecule has 0 spiro atoms. The Balaban J connectivity index is 2.33. The predicted molar refractivity (Wildman–Crippen MR) is 123 cm³/mol. The van der Waals surface area contributed by atoms with Crippen molar-refractivity contribution in [1.82, 2.24) is 0 Å². The second-order valence-corrected chi connectivity index (χ2v) is 10.9. The average Bonchev–Trinajstić information content (AvgIpc) is 2.61.